The van der Waals surface area contributed by atoms with E-state index in [1.807, 2.05) is 23.1 Å². The average molecular weight is 307 g/mol. The molecular weight excluding hydrogens is 284 g/mol. The molecule has 108 valence electrons. The fourth-order valence-corrected chi connectivity index (χ4v) is 6.04. The average Bonchev–Trinajstić information content (AvgIpc) is 3.12. The number of thiophene rings is 1. The molecule has 0 saturated heterocycles. The summed E-state index contributed by atoms with van der Waals surface area (Å²) in [6, 6.07) is 2.82. The zero-order valence-electron chi connectivity index (χ0n) is 11.9. The summed E-state index contributed by atoms with van der Waals surface area (Å²) >= 11 is 3.89. The first-order chi connectivity index (χ1) is 9.85. The standard InChI is InChI=1S/C16H22N2S2/c1-2-8-16(7-1)10-17-15(20-11-16)18-13-4-3-5-14-12(13)6-9-19-14/h6,9,13H,1-5,7-8,10-11H2,(H,17,18). The van der Waals surface area contributed by atoms with Gasteiger partial charge in [-0.25, -0.2) is 0 Å². The van der Waals surface area contributed by atoms with Crippen molar-refractivity contribution in [2.45, 2.75) is 51.0 Å². The van der Waals surface area contributed by atoms with Crippen molar-refractivity contribution in [3.8, 4) is 0 Å². The van der Waals surface area contributed by atoms with Crippen LogP contribution in [-0.4, -0.2) is 17.5 Å². The molecule has 20 heavy (non-hydrogen) atoms. The first-order valence-corrected chi connectivity index (χ1v) is 9.71. The first kappa shape index (κ1) is 13.2. The first-order valence-electron chi connectivity index (χ1n) is 7.85. The molecule has 4 rings (SSSR count). The maximum atomic E-state index is 4.89. The van der Waals surface area contributed by atoms with Crippen LogP contribution in [-0.2, 0) is 6.42 Å². The lowest BCUT2D eigenvalue weighted by molar-refractivity contribution is 0.357. The molecule has 0 bridgehead atoms. The summed E-state index contributed by atoms with van der Waals surface area (Å²) in [6.07, 6.45) is 9.47. The topological polar surface area (TPSA) is 24.4 Å². The summed E-state index contributed by atoms with van der Waals surface area (Å²) in [6.45, 7) is 1.06. The van der Waals surface area contributed by atoms with E-state index in [1.54, 1.807) is 4.88 Å². The number of hydrogen-bond donors (Lipinski definition) is 1. The number of nitrogens with zero attached hydrogens (tertiary/aromatic N) is 1. The Morgan fingerprint density at radius 1 is 1.25 bits per heavy atom. The van der Waals surface area contributed by atoms with Crippen LogP contribution in [0.5, 0.6) is 0 Å². The van der Waals surface area contributed by atoms with Crippen molar-refractivity contribution >= 4 is 28.3 Å². The quantitative estimate of drug-likeness (QED) is 0.832. The lowest BCUT2D eigenvalue weighted by Gasteiger charge is -2.33. The van der Waals surface area contributed by atoms with Crippen molar-refractivity contribution in [1.82, 2.24) is 5.32 Å². The van der Waals surface area contributed by atoms with Gasteiger partial charge in [0.05, 0.1) is 6.04 Å². The molecule has 1 fully saturated rings. The predicted octanol–water partition coefficient (Wildman–Crippen LogP) is 4.38. The summed E-state index contributed by atoms with van der Waals surface area (Å²) in [5, 5.41) is 7.17. The van der Waals surface area contributed by atoms with Crippen molar-refractivity contribution in [2.24, 2.45) is 10.4 Å². The molecule has 4 heteroatoms. The van der Waals surface area contributed by atoms with Gasteiger partial charge in [-0.15, -0.1) is 11.3 Å². The molecule has 1 atom stereocenters. The van der Waals surface area contributed by atoms with Crippen LogP contribution in [0.2, 0.25) is 0 Å². The van der Waals surface area contributed by atoms with Crippen molar-refractivity contribution in [2.75, 3.05) is 12.3 Å². The Labute approximate surface area is 129 Å². The normalized spacial score (nSPS) is 28.2. The van der Waals surface area contributed by atoms with Crippen LogP contribution < -0.4 is 5.32 Å². The predicted molar refractivity (Wildman–Crippen MR) is 88.8 cm³/mol. The number of hydrogen-bond acceptors (Lipinski definition) is 4. The number of aryl methyl sites for hydroxylation is 1. The molecule has 2 heterocycles. The van der Waals surface area contributed by atoms with Gasteiger partial charge in [0.25, 0.3) is 0 Å². The second-order valence-corrected chi connectivity index (χ2v) is 8.47. The fraction of sp³-hybridized carbons (Fsp3) is 0.688. The van der Waals surface area contributed by atoms with Gasteiger partial charge in [0.15, 0.2) is 5.17 Å². The van der Waals surface area contributed by atoms with Gasteiger partial charge in [-0.05, 0) is 54.5 Å². The maximum Gasteiger partial charge on any atom is 0.157 e. The monoisotopic (exact) mass is 306 g/mol. The second-order valence-electron chi connectivity index (χ2n) is 6.51. The third-order valence-corrected chi connectivity index (χ3v) is 7.36. The Balaban J connectivity index is 1.45. The number of nitrogens with one attached hydrogen (secondary N) is 1. The molecule has 1 saturated carbocycles. The lowest BCUT2D eigenvalue weighted by Crippen LogP contribution is -2.35. The van der Waals surface area contributed by atoms with Crippen LogP contribution in [0.15, 0.2) is 16.4 Å². The van der Waals surface area contributed by atoms with Crippen molar-refractivity contribution in [3.05, 3.63) is 21.9 Å². The molecular formula is C16H22N2S2. The van der Waals surface area contributed by atoms with Crippen LogP contribution in [0.25, 0.3) is 0 Å². The molecule has 1 aliphatic heterocycles. The van der Waals surface area contributed by atoms with E-state index < -0.39 is 0 Å². The van der Waals surface area contributed by atoms with E-state index in [-0.39, 0.29) is 0 Å². The van der Waals surface area contributed by atoms with Crippen molar-refractivity contribution < 1.29 is 0 Å². The Morgan fingerprint density at radius 2 is 2.15 bits per heavy atom. The van der Waals surface area contributed by atoms with Crippen LogP contribution in [0.3, 0.4) is 0 Å². The Morgan fingerprint density at radius 3 is 2.95 bits per heavy atom. The molecule has 3 aliphatic rings. The van der Waals surface area contributed by atoms with Crippen LogP contribution in [0, 0.1) is 5.41 Å². The highest BCUT2D eigenvalue weighted by Crippen LogP contribution is 2.43. The molecule has 1 N–H and O–H groups in total. The highest BCUT2D eigenvalue weighted by molar-refractivity contribution is 8.13. The van der Waals surface area contributed by atoms with E-state index in [0.717, 1.165) is 6.54 Å². The zero-order valence-corrected chi connectivity index (χ0v) is 13.5. The molecule has 1 aromatic heterocycles. The largest absolute Gasteiger partial charge is 0.358 e. The lowest BCUT2D eigenvalue weighted by atomic mass is 9.89. The van der Waals surface area contributed by atoms with Gasteiger partial charge >= 0.3 is 0 Å². The minimum atomic E-state index is 0.508. The molecule has 2 aliphatic carbocycles. The van der Waals surface area contributed by atoms with E-state index in [0.29, 0.717) is 11.5 Å². The summed E-state index contributed by atoms with van der Waals surface area (Å²) < 4.78 is 0. The van der Waals surface area contributed by atoms with E-state index in [9.17, 15) is 0 Å². The SMILES string of the molecule is c1cc2c(s1)CCCC2NC1=NCC2(CCCC2)CS1. The second kappa shape index (κ2) is 5.38. The number of rotatable bonds is 1. The van der Waals surface area contributed by atoms with E-state index >= 15 is 0 Å². The van der Waals surface area contributed by atoms with Gasteiger partial charge in [-0.3, -0.25) is 4.99 Å². The highest BCUT2D eigenvalue weighted by atomic mass is 32.2. The van der Waals surface area contributed by atoms with E-state index in [2.05, 4.69) is 16.8 Å². The van der Waals surface area contributed by atoms with Gasteiger partial charge < -0.3 is 5.32 Å². The number of amidine groups is 1. The summed E-state index contributed by atoms with van der Waals surface area (Å²) in [7, 11) is 0. The van der Waals surface area contributed by atoms with Gasteiger partial charge in [0.2, 0.25) is 0 Å². The Bertz CT molecular complexity index is 514. The van der Waals surface area contributed by atoms with Crippen LogP contribution in [0.4, 0.5) is 0 Å². The van der Waals surface area contributed by atoms with Gasteiger partial charge in [0, 0.05) is 17.2 Å². The fourth-order valence-electron chi connectivity index (χ4n) is 3.85. The van der Waals surface area contributed by atoms with Crippen LogP contribution >= 0.6 is 23.1 Å². The summed E-state index contributed by atoms with van der Waals surface area (Å²) in [5.74, 6) is 1.28. The molecule has 0 amide bonds. The summed E-state index contributed by atoms with van der Waals surface area (Å²) in [4.78, 5) is 6.47. The van der Waals surface area contributed by atoms with Gasteiger partial charge in [-0.1, -0.05) is 24.6 Å². The Hall–Kier alpha value is -0.480. The van der Waals surface area contributed by atoms with Gasteiger partial charge in [0.1, 0.15) is 0 Å². The molecule has 1 aromatic rings. The molecule has 0 aromatic carbocycles. The van der Waals surface area contributed by atoms with E-state index in [4.69, 9.17) is 4.99 Å². The smallest absolute Gasteiger partial charge is 0.157 e. The third kappa shape index (κ3) is 2.41. The minimum absolute atomic E-state index is 0.508. The van der Waals surface area contributed by atoms with E-state index in [1.165, 1.54) is 61.4 Å². The minimum Gasteiger partial charge on any atom is -0.358 e. The molecule has 1 spiro atoms. The maximum absolute atomic E-state index is 4.89. The Kier molecular flexibility index (Phi) is 3.55. The van der Waals surface area contributed by atoms with Crippen molar-refractivity contribution in [3.63, 3.8) is 0 Å². The van der Waals surface area contributed by atoms with Crippen LogP contribution in [0.1, 0.15) is 55.0 Å². The molecule has 2 nitrogen and oxygen atoms in total. The number of aliphatic imine (C=N–C) groups is 1. The third-order valence-electron chi connectivity index (χ3n) is 5.09. The molecule has 0 radical (unpaired) electrons. The molecule has 1 unspecified atom stereocenters. The summed E-state index contributed by atoms with van der Waals surface area (Å²) in [5.41, 5.74) is 2.08. The zero-order chi connectivity index (χ0) is 13.4. The number of thioether (sulfide) groups is 1. The van der Waals surface area contributed by atoms with Gasteiger partial charge in [-0.2, -0.15) is 0 Å². The van der Waals surface area contributed by atoms with Crippen molar-refractivity contribution in [1.29, 1.82) is 0 Å². The highest BCUT2D eigenvalue weighted by Gasteiger charge is 2.36. The number of fused-ring (bicyclic) bond motifs is 1.